The van der Waals surface area contributed by atoms with Gasteiger partial charge in [-0.1, -0.05) is 13.8 Å². The second kappa shape index (κ2) is 4.72. The first-order chi connectivity index (χ1) is 7.30. The van der Waals surface area contributed by atoms with Crippen molar-refractivity contribution in [2.45, 2.75) is 33.0 Å². The van der Waals surface area contributed by atoms with Crippen LogP contribution in [0.5, 0.6) is 0 Å². The summed E-state index contributed by atoms with van der Waals surface area (Å²) in [6, 6.07) is 1.20. The molecule has 90 valence electrons. The van der Waals surface area contributed by atoms with Crippen molar-refractivity contribution in [3.05, 3.63) is 24.0 Å². The maximum absolute atomic E-state index is 12.1. The van der Waals surface area contributed by atoms with E-state index < -0.39 is 12.0 Å². The summed E-state index contributed by atoms with van der Waals surface area (Å²) in [6.07, 6.45) is -1.17. The fraction of sp³-hybridized carbons (Fsp3) is 0.545. The van der Waals surface area contributed by atoms with Crippen LogP contribution in [0.25, 0.3) is 0 Å². The topological polar surface area (TPSA) is 22.0 Å². The van der Waals surface area contributed by atoms with Crippen molar-refractivity contribution >= 4 is 5.78 Å². The van der Waals surface area contributed by atoms with Crippen LogP contribution in [0.15, 0.2) is 18.5 Å². The standard InChI is InChI=1S/C11H14F3NO/c1-8(2)3-5-15-6-4-9(7-15)10(16)11(12,13)14/h4,6-8H,3,5H2,1-2H3. The molecule has 1 aromatic heterocycles. The molecule has 1 heterocycles. The molecule has 0 N–H and O–H groups in total. The number of Topliss-reactive ketones (excluding diaryl/α,β-unsaturated/α-hetero) is 1. The van der Waals surface area contributed by atoms with E-state index in [2.05, 4.69) is 0 Å². The molecule has 5 heteroatoms. The minimum absolute atomic E-state index is 0.295. The summed E-state index contributed by atoms with van der Waals surface area (Å²) in [5.74, 6) is -1.31. The summed E-state index contributed by atoms with van der Waals surface area (Å²) < 4.78 is 37.9. The van der Waals surface area contributed by atoms with Crippen LogP contribution < -0.4 is 0 Å². The Balaban J connectivity index is 2.68. The first-order valence-corrected chi connectivity index (χ1v) is 5.08. The van der Waals surface area contributed by atoms with Gasteiger partial charge in [-0.2, -0.15) is 13.2 Å². The number of rotatable bonds is 4. The van der Waals surface area contributed by atoms with Crippen LogP contribution in [0.2, 0.25) is 0 Å². The molecule has 0 aromatic carbocycles. The monoisotopic (exact) mass is 233 g/mol. The predicted molar refractivity (Wildman–Crippen MR) is 54.3 cm³/mol. The summed E-state index contributed by atoms with van der Waals surface area (Å²) in [7, 11) is 0. The van der Waals surface area contributed by atoms with Gasteiger partial charge in [0.05, 0.1) is 0 Å². The Bertz CT molecular complexity index is 366. The number of nitrogens with zero attached hydrogens (tertiary/aromatic N) is 1. The predicted octanol–water partition coefficient (Wildman–Crippen LogP) is 3.28. The molecule has 16 heavy (non-hydrogen) atoms. The normalized spacial score (nSPS) is 12.1. The van der Waals surface area contributed by atoms with Crippen molar-refractivity contribution in [2.24, 2.45) is 5.92 Å². The van der Waals surface area contributed by atoms with Gasteiger partial charge in [-0.15, -0.1) is 0 Å². The number of alkyl halides is 3. The van der Waals surface area contributed by atoms with E-state index in [-0.39, 0.29) is 5.56 Å². The Kier molecular flexibility index (Phi) is 3.78. The molecule has 0 aliphatic heterocycles. The Morgan fingerprint density at radius 2 is 2.06 bits per heavy atom. The molecule has 0 bridgehead atoms. The molecule has 0 saturated heterocycles. The van der Waals surface area contributed by atoms with E-state index in [0.717, 1.165) is 6.42 Å². The van der Waals surface area contributed by atoms with E-state index in [1.54, 1.807) is 4.57 Å². The molecule has 0 amide bonds. The molecule has 0 aliphatic rings. The number of hydrogen-bond acceptors (Lipinski definition) is 1. The molecule has 0 atom stereocenters. The van der Waals surface area contributed by atoms with Crippen molar-refractivity contribution in [3.63, 3.8) is 0 Å². The Labute approximate surface area is 92.1 Å². The molecule has 0 fully saturated rings. The number of ketones is 1. The van der Waals surface area contributed by atoms with Crippen molar-refractivity contribution in [1.82, 2.24) is 4.57 Å². The highest BCUT2D eigenvalue weighted by atomic mass is 19.4. The molecule has 0 saturated carbocycles. The van der Waals surface area contributed by atoms with Crippen LogP contribution in [-0.2, 0) is 6.54 Å². The van der Waals surface area contributed by atoms with Crippen LogP contribution in [0.3, 0.4) is 0 Å². The number of aromatic nitrogens is 1. The van der Waals surface area contributed by atoms with E-state index in [0.29, 0.717) is 12.5 Å². The van der Waals surface area contributed by atoms with Crippen LogP contribution in [0, 0.1) is 5.92 Å². The van der Waals surface area contributed by atoms with Crippen molar-refractivity contribution in [1.29, 1.82) is 0 Å². The van der Waals surface area contributed by atoms with E-state index in [1.807, 2.05) is 13.8 Å². The van der Waals surface area contributed by atoms with Crippen LogP contribution in [0.1, 0.15) is 30.6 Å². The second-order valence-electron chi connectivity index (χ2n) is 4.15. The van der Waals surface area contributed by atoms with Gasteiger partial charge in [-0.3, -0.25) is 4.79 Å². The van der Waals surface area contributed by atoms with Gasteiger partial charge in [0.1, 0.15) is 0 Å². The third kappa shape index (κ3) is 3.40. The molecule has 0 radical (unpaired) electrons. The summed E-state index contributed by atoms with van der Waals surface area (Å²) in [5, 5.41) is 0. The average molecular weight is 233 g/mol. The highest BCUT2D eigenvalue weighted by molar-refractivity contribution is 6.00. The lowest BCUT2D eigenvalue weighted by Gasteiger charge is -2.05. The first kappa shape index (κ1) is 12.8. The maximum atomic E-state index is 12.1. The molecule has 1 aromatic rings. The molecule has 0 spiro atoms. The van der Waals surface area contributed by atoms with Crippen LogP contribution in [-0.4, -0.2) is 16.5 Å². The fourth-order valence-electron chi connectivity index (χ4n) is 1.29. The second-order valence-corrected chi connectivity index (χ2v) is 4.15. The Morgan fingerprint density at radius 3 is 2.56 bits per heavy atom. The summed E-state index contributed by atoms with van der Waals surface area (Å²) >= 11 is 0. The Morgan fingerprint density at radius 1 is 1.44 bits per heavy atom. The third-order valence-corrected chi connectivity index (χ3v) is 2.23. The lowest BCUT2D eigenvalue weighted by atomic mass is 10.1. The van der Waals surface area contributed by atoms with Gasteiger partial charge in [0.25, 0.3) is 5.78 Å². The fourth-order valence-corrected chi connectivity index (χ4v) is 1.29. The largest absolute Gasteiger partial charge is 0.454 e. The van der Waals surface area contributed by atoms with E-state index in [9.17, 15) is 18.0 Å². The maximum Gasteiger partial charge on any atom is 0.454 e. The van der Waals surface area contributed by atoms with Crippen molar-refractivity contribution in [3.8, 4) is 0 Å². The highest BCUT2D eigenvalue weighted by Gasteiger charge is 2.39. The first-order valence-electron chi connectivity index (χ1n) is 5.08. The van der Waals surface area contributed by atoms with Gasteiger partial charge in [0.2, 0.25) is 0 Å². The quantitative estimate of drug-likeness (QED) is 0.731. The number of aryl methyl sites for hydroxylation is 1. The minimum atomic E-state index is -4.79. The molecular weight excluding hydrogens is 219 g/mol. The lowest BCUT2D eigenvalue weighted by Crippen LogP contribution is -2.22. The van der Waals surface area contributed by atoms with Gasteiger partial charge in [0, 0.05) is 24.5 Å². The molecular formula is C11H14F3NO. The SMILES string of the molecule is CC(C)CCn1ccc(C(=O)C(F)(F)F)c1. The molecule has 0 unspecified atom stereocenters. The number of halogens is 3. The lowest BCUT2D eigenvalue weighted by molar-refractivity contribution is -0.0885. The number of carbonyl (C=O) groups is 1. The summed E-state index contributed by atoms with van der Waals surface area (Å²) in [5.41, 5.74) is -0.295. The third-order valence-electron chi connectivity index (χ3n) is 2.23. The van der Waals surface area contributed by atoms with Crippen molar-refractivity contribution < 1.29 is 18.0 Å². The average Bonchev–Trinajstić information content (AvgIpc) is 2.60. The van der Waals surface area contributed by atoms with Gasteiger partial charge < -0.3 is 4.57 Å². The summed E-state index contributed by atoms with van der Waals surface area (Å²) in [6.45, 7) is 4.69. The zero-order valence-electron chi connectivity index (χ0n) is 9.21. The molecule has 0 aliphatic carbocycles. The highest BCUT2D eigenvalue weighted by Crippen LogP contribution is 2.21. The molecule has 1 rings (SSSR count). The number of hydrogen-bond donors (Lipinski definition) is 0. The van der Waals surface area contributed by atoms with Crippen molar-refractivity contribution in [2.75, 3.05) is 0 Å². The van der Waals surface area contributed by atoms with Gasteiger partial charge in [0.15, 0.2) is 0 Å². The zero-order valence-corrected chi connectivity index (χ0v) is 9.21. The smallest absolute Gasteiger partial charge is 0.353 e. The van der Waals surface area contributed by atoms with Crippen LogP contribution >= 0.6 is 0 Å². The summed E-state index contributed by atoms with van der Waals surface area (Å²) in [4.78, 5) is 10.9. The van der Waals surface area contributed by atoms with Gasteiger partial charge >= 0.3 is 6.18 Å². The molecule has 2 nitrogen and oxygen atoms in total. The Hall–Kier alpha value is -1.26. The van der Waals surface area contributed by atoms with Gasteiger partial charge in [-0.05, 0) is 18.4 Å². The van der Waals surface area contributed by atoms with E-state index in [1.165, 1.54) is 18.5 Å². The minimum Gasteiger partial charge on any atom is -0.353 e. The number of carbonyl (C=O) groups excluding carboxylic acids is 1. The zero-order chi connectivity index (χ0) is 12.3. The van der Waals surface area contributed by atoms with E-state index in [4.69, 9.17) is 0 Å². The van der Waals surface area contributed by atoms with Crippen LogP contribution in [0.4, 0.5) is 13.2 Å². The van der Waals surface area contributed by atoms with E-state index >= 15 is 0 Å². The van der Waals surface area contributed by atoms with Gasteiger partial charge in [-0.25, -0.2) is 0 Å².